The summed E-state index contributed by atoms with van der Waals surface area (Å²) in [6, 6.07) is 12.4. The Morgan fingerprint density at radius 3 is 2.59 bits per heavy atom. The summed E-state index contributed by atoms with van der Waals surface area (Å²) in [7, 11) is 0. The highest BCUT2D eigenvalue weighted by molar-refractivity contribution is 5.81. The normalized spacial score (nSPS) is 10.8. The van der Waals surface area contributed by atoms with E-state index in [1.54, 1.807) is 12.1 Å². The van der Waals surface area contributed by atoms with Gasteiger partial charge >= 0.3 is 0 Å². The van der Waals surface area contributed by atoms with E-state index < -0.39 is 0 Å². The molecular formula is C13H10N2O2. The third kappa shape index (κ3) is 1.50. The molecule has 0 saturated heterocycles. The average molecular weight is 226 g/mol. The molecule has 0 aliphatic heterocycles. The van der Waals surface area contributed by atoms with Crippen LogP contribution in [0.5, 0.6) is 11.5 Å². The van der Waals surface area contributed by atoms with E-state index in [-0.39, 0.29) is 11.5 Å². The van der Waals surface area contributed by atoms with Crippen LogP contribution in [0.25, 0.3) is 22.4 Å². The number of nitrogens with zero attached hydrogens (tertiary/aromatic N) is 1. The Bertz CT molecular complexity index is 656. The summed E-state index contributed by atoms with van der Waals surface area (Å²) in [6.45, 7) is 0. The van der Waals surface area contributed by atoms with Crippen molar-refractivity contribution in [3.8, 4) is 22.9 Å². The predicted molar refractivity (Wildman–Crippen MR) is 64.9 cm³/mol. The van der Waals surface area contributed by atoms with Crippen molar-refractivity contribution in [2.45, 2.75) is 0 Å². The second kappa shape index (κ2) is 3.52. The highest BCUT2D eigenvalue weighted by atomic mass is 16.3. The lowest BCUT2D eigenvalue weighted by Crippen LogP contribution is -1.81. The second-order valence-electron chi connectivity index (χ2n) is 3.78. The highest BCUT2D eigenvalue weighted by Crippen LogP contribution is 2.35. The number of aromatic nitrogens is 2. The fourth-order valence-electron chi connectivity index (χ4n) is 1.80. The molecule has 3 aromatic rings. The molecule has 0 radical (unpaired) electrons. The number of phenols is 2. The molecule has 2 aromatic carbocycles. The number of aromatic hydroxyl groups is 2. The lowest BCUT2D eigenvalue weighted by atomic mass is 10.2. The lowest BCUT2D eigenvalue weighted by Gasteiger charge is -2.02. The molecule has 0 fully saturated rings. The van der Waals surface area contributed by atoms with Crippen LogP contribution in [0.2, 0.25) is 0 Å². The zero-order chi connectivity index (χ0) is 11.8. The van der Waals surface area contributed by atoms with Crippen LogP contribution in [0, 0.1) is 0 Å². The maximum atomic E-state index is 9.77. The number of aromatic amines is 1. The molecule has 3 N–H and O–H groups in total. The van der Waals surface area contributed by atoms with Crippen molar-refractivity contribution in [3.63, 3.8) is 0 Å². The van der Waals surface area contributed by atoms with Crippen LogP contribution in [-0.4, -0.2) is 20.2 Å². The van der Waals surface area contributed by atoms with Crippen molar-refractivity contribution < 1.29 is 10.2 Å². The molecule has 0 atom stereocenters. The van der Waals surface area contributed by atoms with E-state index >= 15 is 0 Å². The van der Waals surface area contributed by atoms with Crippen molar-refractivity contribution in [2.24, 2.45) is 0 Å². The molecule has 4 nitrogen and oxygen atoms in total. The molecule has 4 heteroatoms. The third-order valence-electron chi connectivity index (χ3n) is 2.66. The number of rotatable bonds is 1. The van der Waals surface area contributed by atoms with Crippen LogP contribution in [0.1, 0.15) is 0 Å². The maximum absolute atomic E-state index is 9.77. The Balaban J connectivity index is 2.24. The van der Waals surface area contributed by atoms with Crippen LogP contribution in [0.4, 0.5) is 0 Å². The van der Waals surface area contributed by atoms with Gasteiger partial charge in [0.25, 0.3) is 0 Å². The molecule has 0 aliphatic rings. The van der Waals surface area contributed by atoms with Gasteiger partial charge in [-0.05, 0) is 24.3 Å². The van der Waals surface area contributed by atoms with Gasteiger partial charge in [-0.25, -0.2) is 4.98 Å². The summed E-state index contributed by atoms with van der Waals surface area (Å²) in [6.07, 6.45) is 0. The number of para-hydroxylation sites is 3. The smallest absolute Gasteiger partial charge is 0.168 e. The van der Waals surface area contributed by atoms with Crippen molar-refractivity contribution in [1.82, 2.24) is 9.97 Å². The summed E-state index contributed by atoms with van der Waals surface area (Å²) >= 11 is 0. The van der Waals surface area contributed by atoms with E-state index in [4.69, 9.17) is 0 Å². The van der Waals surface area contributed by atoms with E-state index in [1.165, 1.54) is 6.07 Å². The molecule has 0 unspecified atom stereocenters. The number of imidazole rings is 1. The summed E-state index contributed by atoms with van der Waals surface area (Å²) in [5.74, 6) is 0.231. The molecule has 3 rings (SSSR count). The second-order valence-corrected chi connectivity index (χ2v) is 3.78. The largest absolute Gasteiger partial charge is 0.504 e. The summed E-state index contributed by atoms with van der Waals surface area (Å²) < 4.78 is 0. The summed E-state index contributed by atoms with van der Waals surface area (Å²) in [5, 5.41) is 19.2. The molecule has 0 bridgehead atoms. The first kappa shape index (κ1) is 9.72. The topological polar surface area (TPSA) is 69.1 Å². The Morgan fingerprint density at radius 1 is 0.941 bits per heavy atom. The Hall–Kier alpha value is -2.49. The lowest BCUT2D eigenvalue weighted by molar-refractivity contribution is 0.405. The van der Waals surface area contributed by atoms with Crippen molar-refractivity contribution >= 4 is 11.0 Å². The van der Waals surface area contributed by atoms with E-state index in [0.717, 1.165) is 11.0 Å². The SMILES string of the molecule is Oc1cccc(-c2nc3ccccc3[nH]2)c1O. The number of fused-ring (bicyclic) bond motifs is 1. The van der Waals surface area contributed by atoms with Gasteiger partial charge in [-0.3, -0.25) is 0 Å². The van der Waals surface area contributed by atoms with Crippen LogP contribution in [0.15, 0.2) is 42.5 Å². The van der Waals surface area contributed by atoms with Gasteiger partial charge in [-0.2, -0.15) is 0 Å². The standard InChI is InChI=1S/C13H10N2O2/c16-11-7-3-4-8(12(11)17)13-14-9-5-1-2-6-10(9)15-13/h1-7,16-17H,(H,14,15). The minimum atomic E-state index is -0.161. The van der Waals surface area contributed by atoms with Crippen molar-refractivity contribution in [3.05, 3.63) is 42.5 Å². The van der Waals surface area contributed by atoms with Crippen LogP contribution in [-0.2, 0) is 0 Å². The molecule has 0 saturated carbocycles. The van der Waals surface area contributed by atoms with E-state index in [2.05, 4.69) is 9.97 Å². The van der Waals surface area contributed by atoms with E-state index in [9.17, 15) is 10.2 Å². The Kier molecular flexibility index (Phi) is 2.01. The summed E-state index contributed by atoms with van der Waals surface area (Å²) in [5.41, 5.74) is 2.21. The fourth-order valence-corrected chi connectivity index (χ4v) is 1.80. The fraction of sp³-hybridized carbons (Fsp3) is 0. The minimum absolute atomic E-state index is 0.150. The van der Waals surface area contributed by atoms with Gasteiger partial charge in [0.15, 0.2) is 11.5 Å². The number of nitrogens with one attached hydrogen (secondary N) is 1. The number of benzene rings is 2. The van der Waals surface area contributed by atoms with E-state index in [1.807, 2.05) is 24.3 Å². The van der Waals surface area contributed by atoms with Gasteiger partial charge in [0.2, 0.25) is 0 Å². The highest BCUT2D eigenvalue weighted by Gasteiger charge is 2.11. The molecule has 1 aromatic heterocycles. The zero-order valence-electron chi connectivity index (χ0n) is 8.88. The Morgan fingerprint density at radius 2 is 1.76 bits per heavy atom. The number of phenolic OH excluding ortho intramolecular Hbond substituents is 2. The first-order valence-electron chi connectivity index (χ1n) is 5.22. The maximum Gasteiger partial charge on any atom is 0.168 e. The molecule has 0 amide bonds. The first-order chi connectivity index (χ1) is 8.25. The predicted octanol–water partition coefficient (Wildman–Crippen LogP) is 2.64. The van der Waals surface area contributed by atoms with Crippen molar-refractivity contribution in [2.75, 3.05) is 0 Å². The average Bonchev–Trinajstić information content (AvgIpc) is 2.76. The van der Waals surface area contributed by atoms with Gasteiger partial charge < -0.3 is 15.2 Å². The van der Waals surface area contributed by atoms with Gasteiger partial charge in [0, 0.05) is 0 Å². The molecule has 84 valence electrons. The minimum Gasteiger partial charge on any atom is -0.504 e. The van der Waals surface area contributed by atoms with Crippen LogP contribution >= 0.6 is 0 Å². The van der Waals surface area contributed by atoms with Crippen molar-refractivity contribution in [1.29, 1.82) is 0 Å². The molecule has 0 aliphatic carbocycles. The molecular weight excluding hydrogens is 216 g/mol. The van der Waals surface area contributed by atoms with Gasteiger partial charge in [-0.15, -0.1) is 0 Å². The molecule has 1 heterocycles. The van der Waals surface area contributed by atoms with Crippen LogP contribution < -0.4 is 0 Å². The molecule has 17 heavy (non-hydrogen) atoms. The van der Waals surface area contributed by atoms with E-state index in [0.29, 0.717) is 11.4 Å². The van der Waals surface area contributed by atoms with Crippen LogP contribution in [0.3, 0.4) is 0 Å². The monoisotopic (exact) mass is 226 g/mol. The summed E-state index contributed by atoms with van der Waals surface area (Å²) in [4.78, 5) is 7.46. The first-order valence-corrected chi connectivity index (χ1v) is 5.22. The number of hydrogen-bond donors (Lipinski definition) is 3. The molecule has 0 spiro atoms. The number of H-pyrrole nitrogens is 1. The Labute approximate surface area is 97.2 Å². The van der Waals surface area contributed by atoms with Gasteiger partial charge in [0.1, 0.15) is 5.82 Å². The van der Waals surface area contributed by atoms with Gasteiger partial charge in [0.05, 0.1) is 16.6 Å². The quantitative estimate of drug-likeness (QED) is 0.559. The number of hydrogen-bond acceptors (Lipinski definition) is 3. The third-order valence-corrected chi connectivity index (χ3v) is 2.66. The van der Waals surface area contributed by atoms with Gasteiger partial charge in [-0.1, -0.05) is 18.2 Å². The zero-order valence-corrected chi connectivity index (χ0v) is 8.88.